The van der Waals surface area contributed by atoms with E-state index in [1.54, 1.807) is 12.1 Å². The lowest BCUT2D eigenvalue weighted by Crippen LogP contribution is -2.35. The van der Waals surface area contributed by atoms with Crippen LogP contribution in [0.2, 0.25) is 10.2 Å². The largest absolute Gasteiger partial charge is 0.322 e. The highest BCUT2D eigenvalue weighted by Crippen LogP contribution is 2.23. The molecule has 0 radical (unpaired) electrons. The molecule has 1 aliphatic rings. The zero-order valence-corrected chi connectivity index (χ0v) is 16.1. The normalized spacial score (nSPS) is 15.6. The molecule has 0 aliphatic carbocycles. The highest BCUT2D eigenvalue weighted by molar-refractivity contribution is 7.89. The van der Waals surface area contributed by atoms with E-state index in [1.165, 1.54) is 28.7 Å². The first-order chi connectivity index (χ1) is 12.4. The number of anilines is 1. The van der Waals surface area contributed by atoms with Crippen LogP contribution in [0, 0.1) is 0 Å². The number of hydrogen-bond acceptors (Lipinski definition) is 4. The SMILES string of the molecule is O=C(Nc1ccc(S(=O)(=O)N2CCCCC2)cc1)c1cnc(Cl)c(Cl)c1. The van der Waals surface area contributed by atoms with Crippen LogP contribution in [-0.2, 0) is 10.0 Å². The zero-order chi connectivity index (χ0) is 18.7. The number of pyridine rings is 1. The van der Waals surface area contributed by atoms with Crippen LogP contribution >= 0.6 is 23.2 Å². The molecule has 138 valence electrons. The molecule has 0 atom stereocenters. The molecule has 0 saturated carbocycles. The van der Waals surface area contributed by atoms with Crippen molar-refractivity contribution < 1.29 is 13.2 Å². The number of sulfonamides is 1. The maximum atomic E-state index is 12.6. The number of nitrogens with one attached hydrogen (secondary N) is 1. The third-order valence-corrected chi connectivity index (χ3v) is 6.72. The smallest absolute Gasteiger partial charge is 0.257 e. The Morgan fingerprint density at radius 1 is 1.08 bits per heavy atom. The lowest BCUT2D eigenvalue weighted by atomic mass is 10.2. The molecule has 1 amide bonds. The van der Waals surface area contributed by atoms with Gasteiger partial charge in [0.1, 0.15) is 5.15 Å². The van der Waals surface area contributed by atoms with Gasteiger partial charge >= 0.3 is 0 Å². The Balaban J connectivity index is 1.73. The molecule has 6 nitrogen and oxygen atoms in total. The summed E-state index contributed by atoms with van der Waals surface area (Å²) in [5.41, 5.74) is 0.725. The highest BCUT2D eigenvalue weighted by Gasteiger charge is 2.25. The number of halogens is 2. The standard InChI is InChI=1S/C17H17Cl2N3O3S/c18-15-10-12(11-20-16(15)19)17(23)21-13-4-6-14(7-5-13)26(24,25)22-8-2-1-3-9-22/h4-7,10-11H,1-3,8-9H2,(H,21,23). The first-order valence-electron chi connectivity index (χ1n) is 8.10. The van der Waals surface area contributed by atoms with E-state index in [-0.39, 0.29) is 20.6 Å². The van der Waals surface area contributed by atoms with E-state index in [0.29, 0.717) is 18.8 Å². The molecule has 1 fully saturated rings. The fourth-order valence-electron chi connectivity index (χ4n) is 2.71. The van der Waals surface area contributed by atoms with Gasteiger partial charge in [-0.2, -0.15) is 4.31 Å². The number of amides is 1. The summed E-state index contributed by atoms with van der Waals surface area (Å²) in [5, 5.41) is 2.98. The number of aromatic nitrogens is 1. The van der Waals surface area contributed by atoms with Gasteiger partial charge in [-0.25, -0.2) is 13.4 Å². The Labute approximate surface area is 162 Å². The van der Waals surface area contributed by atoms with Crippen molar-refractivity contribution in [3.05, 3.63) is 52.3 Å². The van der Waals surface area contributed by atoms with Crippen LogP contribution in [0.1, 0.15) is 29.6 Å². The summed E-state index contributed by atoms with van der Waals surface area (Å²) in [5.74, 6) is -0.414. The van der Waals surface area contributed by atoms with Crippen LogP contribution < -0.4 is 5.32 Å². The van der Waals surface area contributed by atoms with Gasteiger partial charge in [0.15, 0.2) is 0 Å². The third kappa shape index (κ3) is 4.17. The Morgan fingerprint density at radius 3 is 2.35 bits per heavy atom. The number of hydrogen-bond donors (Lipinski definition) is 1. The second kappa shape index (κ2) is 7.92. The molecule has 3 rings (SSSR count). The summed E-state index contributed by atoms with van der Waals surface area (Å²) in [7, 11) is -3.49. The van der Waals surface area contributed by atoms with Crippen LogP contribution in [-0.4, -0.2) is 36.7 Å². The molecular weight excluding hydrogens is 397 g/mol. The Bertz CT molecular complexity index is 911. The van der Waals surface area contributed by atoms with Crippen LogP contribution in [0.15, 0.2) is 41.4 Å². The van der Waals surface area contributed by atoms with E-state index < -0.39 is 15.9 Å². The summed E-state index contributed by atoms with van der Waals surface area (Å²) in [4.78, 5) is 16.3. The fraction of sp³-hybridized carbons (Fsp3) is 0.294. The van der Waals surface area contributed by atoms with Crippen molar-refractivity contribution in [1.82, 2.24) is 9.29 Å². The topological polar surface area (TPSA) is 79.4 Å². The maximum absolute atomic E-state index is 12.6. The quantitative estimate of drug-likeness (QED) is 0.772. The monoisotopic (exact) mass is 413 g/mol. The van der Waals surface area contributed by atoms with E-state index in [0.717, 1.165) is 19.3 Å². The van der Waals surface area contributed by atoms with Gasteiger partial charge in [-0.05, 0) is 43.2 Å². The summed E-state index contributed by atoms with van der Waals surface area (Å²) in [6.45, 7) is 1.09. The van der Waals surface area contributed by atoms with Gasteiger partial charge in [-0.1, -0.05) is 29.6 Å². The molecule has 1 saturated heterocycles. The van der Waals surface area contributed by atoms with Crippen molar-refractivity contribution in [3.63, 3.8) is 0 Å². The van der Waals surface area contributed by atoms with Crippen LogP contribution in [0.5, 0.6) is 0 Å². The van der Waals surface area contributed by atoms with E-state index in [4.69, 9.17) is 23.2 Å². The van der Waals surface area contributed by atoms with E-state index in [9.17, 15) is 13.2 Å². The number of nitrogens with zero attached hydrogens (tertiary/aromatic N) is 2. The van der Waals surface area contributed by atoms with E-state index in [1.807, 2.05) is 0 Å². The van der Waals surface area contributed by atoms with Crippen molar-refractivity contribution >= 4 is 44.8 Å². The average Bonchev–Trinajstić information content (AvgIpc) is 2.65. The number of carbonyl (C=O) groups is 1. The predicted octanol–water partition coefficient (Wildman–Crippen LogP) is 3.82. The summed E-state index contributed by atoms with van der Waals surface area (Å²) < 4.78 is 26.7. The molecule has 0 spiro atoms. The van der Waals surface area contributed by atoms with Gasteiger partial charge in [0.2, 0.25) is 10.0 Å². The van der Waals surface area contributed by atoms with Gasteiger partial charge in [0.25, 0.3) is 5.91 Å². The summed E-state index contributed by atoms with van der Waals surface area (Å²) >= 11 is 11.6. The van der Waals surface area contributed by atoms with Gasteiger partial charge < -0.3 is 5.32 Å². The molecule has 1 aromatic heterocycles. The lowest BCUT2D eigenvalue weighted by molar-refractivity contribution is 0.102. The first kappa shape index (κ1) is 19.1. The minimum Gasteiger partial charge on any atom is -0.322 e. The van der Waals surface area contributed by atoms with Gasteiger partial charge in [0, 0.05) is 25.0 Å². The van der Waals surface area contributed by atoms with Gasteiger partial charge in [-0.15, -0.1) is 0 Å². The second-order valence-corrected chi connectivity index (χ2v) is 8.64. The van der Waals surface area contributed by atoms with Crippen molar-refractivity contribution in [3.8, 4) is 0 Å². The minimum atomic E-state index is -3.49. The number of rotatable bonds is 4. The fourth-order valence-corrected chi connectivity index (χ4v) is 4.50. The van der Waals surface area contributed by atoms with Crippen LogP contribution in [0.25, 0.3) is 0 Å². The average molecular weight is 414 g/mol. The molecular formula is C17H17Cl2N3O3S. The van der Waals surface area contributed by atoms with Crippen molar-refractivity contribution in [1.29, 1.82) is 0 Å². The van der Waals surface area contributed by atoms with Crippen LogP contribution in [0.3, 0.4) is 0 Å². The zero-order valence-electron chi connectivity index (χ0n) is 13.8. The Morgan fingerprint density at radius 2 is 1.73 bits per heavy atom. The number of benzene rings is 1. The number of piperidine rings is 1. The third-order valence-electron chi connectivity index (χ3n) is 4.12. The van der Waals surface area contributed by atoms with Gasteiger partial charge in [0.05, 0.1) is 15.5 Å². The molecule has 0 unspecified atom stereocenters. The summed E-state index contributed by atoms with van der Waals surface area (Å²) in [6, 6.07) is 7.51. The molecule has 1 N–H and O–H groups in total. The molecule has 26 heavy (non-hydrogen) atoms. The maximum Gasteiger partial charge on any atom is 0.257 e. The van der Waals surface area contributed by atoms with Crippen LogP contribution in [0.4, 0.5) is 5.69 Å². The first-order valence-corrected chi connectivity index (χ1v) is 10.3. The molecule has 2 aromatic rings. The van der Waals surface area contributed by atoms with Crippen molar-refractivity contribution in [2.75, 3.05) is 18.4 Å². The predicted molar refractivity (Wildman–Crippen MR) is 101 cm³/mol. The molecule has 1 aliphatic heterocycles. The highest BCUT2D eigenvalue weighted by atomic mass is 35.5. The Hall–Kier alpha value is -1.67. The van der Waals surface area contributed by atoms with Crippen molar-refractivity contribution in [2.24, 2.45) is 0 Å². The van der Waals surface area contributed by atoms with Gasteiger partial charge in [-0.3, -0.25) is 4.79 Å². The van der Waals surface area contributed by atoms with E-state index in [2.05, 4.69) is 10.3 Å². The lowest BCUT2D eigenvalue weighted by Gasteiger charge is -2.25. The summed E-state index contributed by atoms with van der Waals surface area (Å²) in [6.07, 6.45) is 4.13. The Kier molecular flexibility index (Phi) is 5.82. The molecule has 1 aromatic carbocycles. The minimum absolute atomic E-state index is 0.121. The molecule has 9 heteroatoms. The molecule has 0 bridgehead atoms. The second-order valence-electron chi connectivity index (χ2n) is 5.94. The number of carbonyl (C=O) groups excluding carboxylic acids is 1. The molecule has 2 heterocycles. The van der Waals surface area contributed by atoms with E-state index >= 15 is 0 Å². The van der Waals surface area contributed by atoms with Crippen molar-refractivity contribution in [2.45, 2.75) is 24.2 Å².